The van der Waals surface area contributed by atoms with Crippen LogP contribution in [0.5, 0.6) is 0 Å². The van der Waals surface area contributed by atoms with E-state index in [1.165, 1.54) is 6.33 Å². The first kappa shape index (κ1) is 8.16. The summed E-state index contributed by atoms with van der Waals surface area (Å²) in [6.45, 7) is 0.747. The molecule has 0 unspecified atom stereocenters. The quantitative estimate of drug-likeness (QED) is 0.671. The van der Waals surface area contributed by atoms with E-state index in [2.05, 4.69) is 25.0 Å². The topological polar surface area (TPSA) is 96.1 Å². The fraction of sp³-hybridized carbons (Fsp3) is 0.250. The second kappa shape index (κ2) is 2.91. The summed E-state index contributed by atoms with van der Waals surface area (Å²) in [5, 5.41) is 5.94. The van der Waals surface area contributed by atoms with Gasteiger partial charge >= 0.3 is 0 Å². The number of H-pyrrole nitrogens is 1. The number of fused-ring (bicyclic) bond motifs is 1. The Balaban J connectivity index is 2.14. The van der Waals surface area contributed by atoms with Crippen LogP contribution in [0.15, 0.2) is 17.8 Å². The van der Waals surface area contributed by atoms with Crippen molar-refractivity contribution in [3.8, 4) is 0 Å². The average Bonchev–Trinajstić information content (AvgIpc) is 2.84. The van der Waals surface area contributed by atoms with Gasteiger partial charge in [0.2, 0.25) is 0 Å². The maximum absolute atomic E-state index is 5.62. The summed E-state index contributed by atoms with van der Waals surface area (Å²) in [6, 6.07) is 0. The normalized spacial score (nSPS) is 16.0. The standard InChI is InChI=1S/C8H9N7/c9-5-1-2-15(14-5)8-6-7(11-3-10-6)12-4-13-8/h3-4H,1-2H2,(H2,9,14)(H,10,11,12,13). The molecule has 0 aliphatic carbocycles. The third-order valence-electron chi connectivity index (χ3n) is 2.28. The average molecular weight is 203 g/mol. The number of amidine groups is 1. The van der Waals surface area contributed by atoms with Gasteiger partial charge in [-0.15, -0.1) is 0 Å². The molecule has 1 aliphatic heterocycles. The molecule has 0 bridgehead atoms. The number of hydrazone groups is 1. The summed E-state index contributed by atoms with van der Waals surface area (Å²) in [5.41, 5.74) is 7.05. The Morgan fingerprint density at radius 2 is 2.27 bits per heavy atom. The first-order chi connectivity index (χ1) is 7.34. The molecule has 0 fully saturated rings. The molecule has 7 heteroatoms. The fourth-order valence-corrected chi connectivity index (χ4v) is 1.58. The van der Waals surface area contributed by atoms with Crippen LogP contribution in [0.1, 0.15) is 6.42 Å². The molecule has 76 valence electrons. The Kier molecular flexibility index (Phi) is 1.58. The van der Waals surface area contributed by atoms with Gasteiger partial charge in [0, 0.05) is 6.42 Å². The molecule has 2 aromatic heterocycles. The molecular formula is C8H9N7. The molecule has 3 heterocycles. The Bertz CT molecular complexity index is 529. The number of nitrogens with two attached hydrogens (primary N) is 1. The molecule has 0 aromatic carbocycles. The first-order valence-electron chi connectivity index (χ1n) is 4.59. The van der Waals surface area contributed by atoms with Crippen molar-refractivity contribution in [3.63, 3.8) is 0 Å². The van der Waals surface area contributed by atoms with Crippen molar-refractivity contribution in [1.29, 1.82) is 0 Å². The number of imidazole rings is 1. The molecule has 0 amide bonds. The summed E-state index contributed by atoms with van der Waals surface area (Å²) < 4.78 is 0. The Morgan fingerprint density at radius 1 is 1.33 bits per heavy atom. The molecule has 0 spiro atoms. The second-order valence-corrected chi connectivity index (χ2v) is 3.26. The number of anilines is 1. The van der Waals surface area contributed by atoms with Gasteiger partial charge in [0.05, 0.1) is 12.9 Å². The Morgan fingerprint density at radius 3 is 3.07 bits per heavy atom. The van der Waals surface area contributed by atoms with Crippen molar-refractivity contribution in [2.24, 2.45) is 10.8 Å². The van der Waals surface area contributed by atoms with Gasteiger partial charge in [-0.1, -0.05) is 0 Å². The smallest absolute Gasteiger partial charge is 0.182 e. The molecule has 0 saturated heterocycles. The van der Waals surface area contributed by atoms with Crippen LogP contribution in [0.25, 0.3) is 11.2 Å². The lowest BCUT2D eigenvalue weighted by Gasteiger charge is -2.11. The minimum Gasteiger partial charge on any atom is -0.386 e. The highest BCUT2D eigenvalue weighted by Crippen LogP contribution is 2.21. The van der Waals surface area contributed by atoms with E-state index in [9.17, 15) is 0 Å². The highest BCUT2D eigenvalue weighted by molar-refractivity contribution is 5.88. The molecule has 3 rings (SSSR count). The molecule has 7 nitrogen and oxygen atoms in total. The van der Waals surface area contributed by atoms with E-state index in [1.807, 2.05) is 0 Å². The number of hydrogen-bond acceptors (Lipinski definition) is 6. The van der Waals surface area contributed by atoms with Crippen LogP contribution in [0.2, 0.25) is 0 Å². The van der Waals surface area contributed by atoms with E-state index in [0.717, 1.165) is 24.3 Å². The molecule has 0 radical (unpaired) electrons. The third-order valence-corrected chi connectivity index (χ3v) is 2.28. The van der Waals surface area contributed by atoms with Gasteiger partial charge in [0.15, 0.2) is 11.5 Å². The van der Waals surface area contributed by atoms with Crippen LogP contribution in [-0.4, -0.2) is 32.3 Å². The van der Waals surface area contributed by atoms with Gasteiger partial charge in [-0.2, -0.15) is 5.10 Å². The van der Waals surface area contributed by atoms with Crippen molar-refractivity contribution in [2.45, 2.75) is 6.42 Å². The second-order valence-electron chi connectivity index (χ2n) is 3.26. The van der Waals surface area contributed by atoms with E-state index in [4.69, 9.17) is 5.73 Å². The number of nitrogens with one attached hydrogen (secondary N) is 1. The molecular weight excluding hydrogens is 194 g/mol. The van der Waals surface area contributed by atoms with Crippen LogP contribution in [0.4, 0.5) is 5.82 Å². The molecule has 3 N–H and O–H groups in total. The molecule has 2 aromatic rings. The van der Waals surface area contributed by atoms with Crippen LogP contribution in [0.3, 0.4) is 0 Å². The van der Waals surface area contributed by atoms with Crippen molar-refractivity contribution in [1.82, 2.24) is 19.9 Å². The van der Waals surface area contributed by atoms with E-state index in [-0.39, 0.29) is 0 Å². The molecule has 0 atom stereocenters. The van der Waals surface area contributed by atoms with Crippen molar-refractivity contribution in [2.75, 3.05) is 11.6 Å². The number of rotatable bonds is 1. The molecule has 15 heavy (non-hydrogen) atoms. The summed E-state index contributed by atoms with van der Waals surface area (Å²) >= 11 is 0. The number of aromatic amines is 1. The molecule has 0 saturated carbocycles. The lowest BCUT2D eigenvalue weighted by atomic mass is 10.4. The fourth-order valence-electron chi connectivity index (χ4n) is 1.58. The zero-order chi connectivity index (χ0) is 10.3. The number of hydrogen-bond donors (Lipinski definition) is 2. The third kappa shape index (κ3) is 1.20. The SMILES string of the molecule is NC1=NN(c2ncnc3nc[nH]c23)CC1. The number of nitrogens with zero attached hydrogens (tertiary/aromatic N) is 5. The van der Waals surface area contributed by atoms with E-state index >= 15 is 0 Å². The van der Waals surface area contributed by atoms with E-state index < -0.39 is 0 Å². The van der Waals surface area contributed by atoms with Gasteiger partial charge < -0.3 is 10.7 Å². The van der Waals surface area contributed by atoms with Crippen molar-refractivity contribution >= 4 is 22.8 Å². The largest absolute Gasteiger partial charge is 0.386 e. The predicted octanol–water partition coefficient (Wildman–Crippen LogP) is -0.165. The highest BCUT2D eigenvalue weighted by Gasteiger charge is 2.18. The minimum atomic E-state index is 0.626. The van der Waals surface area contributed by atoms with Gasteiger partial charge in [-0.3, -0.25) is 0 Å². The van der Waals surface area contributed by atoms with Gasteiger partial charge in [-0.05, 0) is 0 Å². The van der Waals surface area contributed by atoms with Gasteiger partial charge in [0.1, 0.15) is 17.7 Å². The van der Waals surface area contributed by atoms with Crippen LogP contribution >= 0.6 is 0 Å². The van der Waals surface area contributed by atoms with E-state index in [1.54, 1.807) is 11.3 Å². The maximum Gasteiger partial charge on any atom is 0.182 e. The van der Waals surface area contributed by atoms with Crippen molar-refractivity contribution in [3.05, 3.63) is 12.7 Å². The summed E-state index contributed by atoms with van der Waals surface area (Å²) in [5.74, 6) is 1.35. The monoisotopic (exact) mass is 203 g/mol. The Hall–Kier alpha value is -2.18. The van der Waals surface area contributed by atoms with Crippen molar-refractivity contribution < 1.29 is 0 Å². The summed E-state index contributed by atoms with van der Waals surface area (Å²) in [4.78, 5) is 15.3. The zero-order valence-corrected chi connectivity index (χ0v) is 7.88. The summed E-state index contributed by atoms with van der Waals surface area (Å²) in [6.07, 6.45) is 3.83. The first-order valence-corrected chi connectivity index (χ1v) is 4.59. The highest BCUT2D eigenvalue weighted by atomic mass is 15.5. The van der Waals surface area contributed by atoms with Gasteiger partial charge in [-0.25, -0.2) is 20.0 Å². The Labute approximate surface area is 85.0 Å². The van der Waals surface area contributed by atoms with Crippen LogP contribution < -0.4 is 10.7 Å². The molecule has 1 aliphatic rings. The van der Waals surface area contributed by atoms with Gasteiger partial charge in [0.25, 0.3) is 0 Å². The van der Waals surface area contributed by atoms with E-state index in [0.29, 0.717) is 11.5 Å². The minimum absolute atomic E-state index is 0.626. The summed E-state index contributed by atoms with van der Waals surface area (Å²) in [7, 11) is 0. The lowest BCUT2D eigenvalue weighted by Crippen LogP contribution is -2.14. The predicted molar refractivity (Wildman–Crippen MR) is 55.3 cm³/mol. The lowest BCUT2D eigenvalue weighted by molar-refractivity contribution is 0.896. The maximum atomic E-state index is 5.62. The zero-order valence-electron chi connectivity index (χ0n) is 7.88. The van der Waals surface area contributed by atoms with Crippen LogP contribution in [-0.2, 0) is 0 Å². The number of aromatic nitrogens is 4. The van der Waals surface area contributed by atoms with Crippen LogP contribution in [0, 0.1) is 0 Å².